The third-order valence-corrected chi connectivity index (χ3v) is 3.26. The number of nitrogens with zero attached hydrogens (tertiary/aromatic N) is 2. The van der Waals surface area contributed by atoms with Gasteiger partial charge in [-0.15, -0.1) is 0 Å². The number of alkyl halides is 3. The van der Waals surface area contributed by atoms with E-state index in [4.69, 9.17) is 11.6 Å². The van der Waals surface area contributed by atoms with E-state index in [2.05, 4.69) is 20.6 Å². The Bertz CT molecular complexity index is 770. The number of carbonyl (C=O) groups excluding carboxylic acids is 1. The molecular formula is C16H16ClF3N4O. The van der Waals surface area contributed by atoms with Gasteiger partial charge >= 0.3 is 6.18 Å². The van der Waals surface area contributed by atoms with Crippen LogP contribution in [0.4, 0.5) is 24.8 Å². The van der Waals surface area contributed by atoms with Gasteiger partial charge < -0.3 is 10.6 Å². The Morgan fingerprint density at radius 2 is 1.72 bits per heavy atom. The molecule has 1 aromatic carbocycles. The number of benzene rings is 1. The summed E-state index contributed by atoms with van der Waals surface area (Å²) in [5.74, 6) is -0.285. The zero-order valence-corrected chi connectivity index (χ0v) is 14.5. The SMILES string of the molecule is CC(C)(C)Nc1ncc(C(=O)Nc2ccc(Cl)c(C(F)(F)F)c2)cn1. The first kappa shape index (κ1) is 19.0. The summed E-state index contributed by atoms with van der Waals surface area (Å²) < 4.78 is 38.5. The van der Waals surface area contributed by atoms with Crippen LogP contribution < -0.4 is 10.6 Å². The zero-order chi connectivity index (χ0) is 18.8. The van der Waals surface area contributed by atoms with Crippen molar-refractivity contribution in [3.8, 4) is 0 Å². The average molecular weight is 373 g/mol. The molecule has 9 heteroatoms. The summed E-state index contributed by atoms with van der Waals surface area (Å²) in [6, 6.07) is 3.13. The number of aromatic nitrogens is 2. The van der Waals surface area contributed by atoms with Gasteiger partial charge in [0.15, 0.2) is 0 Å². The summed E-state index contributed by atoms with van der Waals surface area (Å²) in [7, 11) is 0. The summed E-state index contributed by atoms with van der Waals surface area (Å²) >= 11 is 5.54. The van der Waals surface area contributed by atoms with Gasteiger partial charge in [0.25, 0.3) is 5.91 Å². The van der Waals surface area contributed by atoms with Gasteiger partial charge in [0.05, 0.1) is 16.1 Å². The normalized spacial score (nSPS) is 12.0. The van der Waals surface area contributed by atoms with E-state index in [-0.39, 0.29) is 16.8 Å². The van der Waals surface area contributed by atoms with Gasteiger partial charge in [0, 0.05) is 23.6 Å². The fourth-order valence-electron chi connectivity index (χ4n) is 1.87. The summed E-state index contributed by atoms with van der Waals surface area (Å²) in [4.78, 5) is 20.2. The smallest absolute Gasteiger partial charge is 0.350 e. The van der Waals surface area contributed by atoms with E-state index in [1.165, 1.54) is 18.5 Å². The lowest BCUT2D eigenvalue weighted by Crippen LogP contribution is -2.27. The Morgan fingerprint density at radius 3 is 2.24 bits per heavy atom. The highest BCUT2D eigenvalue weighted by Crippen LogP contribution is 2.36. The first-order valence-corrected chi connectivity index (χ1v) is 7.62. The van der Waals surface area contributed by atoms with Crippen molar-refractivity contribution in [2.45, 2.75) is 32.5 Å². The summed E-state index contributed by atoms with van der Waals surface area (Å²) in [6.45, 7) is 5.78. The van der Waals surface area contributed by atoms with Crippen LogP contribution in [-0.4, -0.2) is 21.4 Å². The molecule has 5 nitrogen and oxygen atoms in total. The van der Waals surface area contributed by atoms with Crippen LogP contribution in [0.3, 0.4) is 0 Å². The van der Waals surface area contributed by atoms with Crippen molar-refractivity contribution in [1.82, 2.24) is 9.97 Å². The monoisotopic (exact) mass is 372 g/mol. The Morgan fingerprint density at radius 1 is 1.12 bits per heavy atom. The number of hydrogen-bond donors (Lipinski definition) is 2. The van der Waals surface area contributed by atoms with Crippen molar-refractivity contribution >= 4 is 29.1 Å². The second-order valence-electron chi connectivity index (χ2n) is 6.32. The zero-order valence-electron chi connectivity index (χ0n) is 13.7. The maximum absolute atomic E-state index is 12.8. The predicted molar refractivity (Wildman–Crippen MR) is 89.8 cm³/mol. The lowest BCUT2D eigenvalue weighted by molar-refractivity contribution is -0.137. The van der Waals surface area contributed by atoms with E-state index in [1.54, 1.807) is 0 Å². The molecule has 0 aliphatic carbocycles. The van der Waals surface area contributed by atoms with E-state index in [9.17, 15) is 18.0 Å². The van der Waals surface area contributed by atoms with Crippen LogP contribution in [0.1, 0.15) is 36.7 Å². The van der Waals surface area contributed by atoms with E-state index < -0.39 is 22.7 Å². The van der Waals surface area contributed by atoms with Crippen LogP contribution in [0.2, 0.25) is 5.02 Å². The molecule has 1 heterocycles. The van der Waals surface area contributed by atoms with Crippen LogP contribution in [0, 0.1) is 0 Å². The molecule has 0 saturated heterocycles. The van der Waals surface area contributed by atoms with Gasteiger partial charge in [-0.25, -0.2) is 9.97 Å². The highest BCUT2D eigenvalue weighted by Gasteiger charge is 2.33. The fraction of sp³-hybridized carbons (Fsp3) is 0.312. The molecule has 134 valence electrons. The summed E-state index contributed by atoms with van der Waals surface area (Å²) in [5, 5.41) is 4.96. The van der Waals surface area contributed by atoms with E-state index in [0.717, 1.165) is 12.1 Å². The molecule has 0 fully saturated rings. The minimum atomic E-state index is -4.61. The minimum absolute atomic E-state index is 0.0291. The van der Waals surface area contributed by atoms with Crippen molar-refractivity contribution < 1.29 is 18.0 Å². The molecule has 0 aliphatic rings. The fourth-order valence-corrected chi connectivity index (χ4v) is 2.09. The third-order valence-electron chi connectivity index (χ3n) is 2.93. The molecule has 2 N–H and O–H groups in total. The van der Waals surface area contributed by atoms with Gasteiger partial charge in [0.1, 0.15) is 0 Å². The topological polar surface area (TPSA) is 66.9 Å². The van der Waals surface area contributed by atoms with Crippen molar-refractivity contribution in [2.24, 2.45) is 0 Å². The molecule has 0 spiro atoms. The van der Waals surface area contributed by atoms with Gasteiger partial charge in [-0.1, -0.05) is 11.6 Å². The lowest BCUT2D eigenvalue weighted by atomic mass is 10.1. The second kappa shape index (κ2) is 6.87. The first-order valence-electron chi connectivity index (χ1n) is 7.24. The molecule has 2 aromatic rings. The predicted octanol–water partition coefficient (Wildman–Crippen LogP) is 4.61. The number of anilines is 2. The number of halogens is 4. The number of rotatable bonds is 3. The van der Waals surface area contributed by atoms with Crippen LogP contribution in [0.15, 0.2) is 30.6 Å². The Kier molecular flexibility index (Phi) is 5.22. The summed E-state index contributed by atoms with van der Waals surface area (Å²) in [5.41, 5.74) is -1.18. The van der Waals surface area contributed by atoms with Crippen LogP contribution in [0.5, 0.6) is 0 Å². The largest absolute Gasteiger partial charge is 0.417 e. The van der Waals surface area contributed by atoms with E-state index >= 15 is 0 Å². The Hall–Kier alpha value is -2.35. The van der Waals surface area contributed by atoms with E-state index in [0.29, 0.717) is 5.95 Å². The van der Waals surface area contributed by atoms with Gasteiger partial charge in [-0.3, -0.25) is 4.79 Å². The number of hydrogen-bond acceptors (Lipinski definition) is 4. The maximum Gasteiger partial charge on any atom is 0.417 e. The summed E-state index contributed by atoms with van der Waals surface area (Å²) in [6.07, 6.45) is -2.03. The number of nitrogens with one attached hydrogen (secondary N) is 2. The van der Waals surface area contributed by atoms with Crippen molar-refractivity contribution in [2.75, 3.05) is 10.6 Å². The molecule has 2 rings (SSSR count). The molecule has 1 amide bonds. The third kappa shape index (κ3) is 5.32. The van der Waals surface area contributed by atoms with Gasteiger partial charge in [0.2, 0.25) is 5.95 Å². The molecule has 0 bridgehead atoms. The Labute approximate surface area is 147 Å². The van der Waals surface area contributed by atoms with Crippen molar-refractivity contribution in [3.05, 3.63) is 46.7 Å². The molecule has 0 saturated carbocycles. The molecule has 25 heavy (non-hydrogen) atoms. The number of amides is 1. The van der Waals surface area contributed by atoms with Gasteiger partial charge in [-0.2, -0.15) is 13.2 Å². The van der Waals surface area contributed by atoms with Crippen molar-refractivity contribution in [3.63, 3.8) is 0 Å². The van der Waals surface area contributed by atoms with E-state index in [1.807, 2.05) is 20.8 Å². The minimum Gasteiger partial charge on any atom is -0.350 e. The van der Waals surface area contributed by atoms with Gasteiger partial charge in [-0.05, 0) is 39.0 Å². The first-order chi connectivity index (χ1) is 11.5. The molecule has 0 unspecified atom stereocenters. The second-order valence-corrected chi connectivity index (χ2v) is 6.72. The van der Waals surface area contributed by atoms with Crippen LogP contribution in [0.25, 0.3) is 0 Å². The van der Waals surface area contributed by atoms with Crippen LogP contribution >= 0.6 is 11.6 Å². The molecule has 0 aliphatic heterocycles. The Balaban J connectivity index is 2.15. The standard InChI is InChI=1S/C16H16ClF3N4O/c1-15(2,3)24-14-21-7-9(8-22-14)13(25)23-10-4-5-12(17)11(6-10)16(18,19)20/h4-8H,1-3H3,(H,23,25)(H,21,22,24). The van der Waals surface area contributed by atoms with Crippen LogP contribution in [-0.2, 0) is 6.18 Å². The number of carbonyl (C=O) groups is 1. The molecule has 0 radical (unpaired) electrons. The average Bonchev–Trinajstić information content (AvgIpc) is 2.47. The molecular weight excluding hydrogens is 357 g/mol. The van der Waals surface area contributed by atoms with Crippen molar-refractivity contribution in [1.29, 1.82) is 0 Å². The highest BCUT2D eigenvalue weighted by atomic mass is 35.5. The lowest BCUT2D eigenvalue weighted by Gasteiger charge is -2.20. The molecule has 0 atom stereocenters. The molecule has 1 aromatic heterocycles. The highest BCUT2D eigenvalue weighted by molar-refractivity contribution is 6.31. The quantitative estimate of drug-likeness (QED) is 0.825. The maximum atomic E-state index is 12.8.